The van der Waals surface area contributed by atoms with E-state index in [2.05, 4.69) is 20.6 Å². The van der Waals surface area contributed by atoms with Gasteiger partial charge in [-0.3, -0.25) is 0 Å². The average Bonchev–Trinajstić information content (AvgIpc) is 2.67. The van der Waals surface area contributed by atoms with Crippen LogP contribution in [-0.2, 0) is 0 Å². The van der Waals surface area contributed by atoms with Crippen LogP contribution in [-0.4, -0.2) is 37.6 Å². The van der Waals surface area contributed by atoms with Gasteiger partial charge in [-0.15, -0.1) is 5.10 Å². The van der Waals surface area contributed by atoms with Gasteiger partial charge in [-0.25, -0.2) is 9.89 Å². The van der Waals surface area contributed by atoms with Crippen molar-refractivity contribution in [2.24, 2.45) is 5.92 Å². The van der Waals surface area contributed by atoms with E-state index < -0.39 is 0 Å². The monoisotopic (exact) mass is 237 g/mol. The Bertz CT molecular complexity index is 559. The van der Waals surface area contributed by atoms with Crippen molar-refractivity contribution in [1.29, 1.82) is 0 Å². The molecule has 1 unspecified atom stereocenters. The minimum Gasteiger partial charge on any atom is -0.394 e. The van der Waals surface area contributed by atoms with Gasteiger partial charge in [0.2, 0.25) is 0 Å². The first kappa shape index (κ1) is 11.6. The van der Waals surface area contributed by atoms with Gasteiger partial charge in [0.15, 0.2) is 5.65 Å². The highest BCUT2D eigenvalue weighted by Crippen LogP contribution is 2.09. The van der Waals surface area contributed by atoms with E-state index in [1.807, 2.05) is 13.8 Å². The summed E-state index contributed by atoms with van der Waals surface area (Å²) in [6.07, 6.45) is 0. The zero-order valence-corrected chi connectivity index (χ0v) is 9.71. The van der Waals surface area contributed by atoms with Gasteiger partial charge in [0.25, 0.3) is 0 Å². The van der Waals surface area contributed by atoms with Crippen LogP contribution >= 0.6 is 0 Å². The second-order valence-corrected chi connectivity index (χ2v) is 4.19. The summed E-state index contributed by atoms with van der Waals surface area (Å²) in [6.45, 7) is 4.00. The Morgan fingerprint density at radius 3 is 2.94 bits per heavy atom. The Kier molecular flexibility index (Phi) is 3.10. The smallest absolute Gasteiger partial charge is 0.364 e. The molecule has 0 saturated heterocycles. The third-order valence-electron chi connectivity index (χ3n) is 2.61. The van der Waals surface area contributed by atoms with Gasteiger partial charge < -0.3 is 10.4 Å². The van der Waals surface area contributed by atoms with Crippen molar-refractivity contribution in [3.8, 4) is 0 Å². The molecule has 1 atom stereocenters. The van der Waals surface area contributed by atoms with Crippen molar-refractivity contribution < 1.29 is 5.11 Å². The molecule has 0 bridgehead atoms. The number of aliphatic hydroxyl groups excluding tert-OH is 1. The molecule has 0 aliphatic heterocycles. The van der Waals surface area contributed by atoms with Gasteiger partial charge in [0.05, 0.1) is 12.6 Å². The molecule has 0 aromatic carbocycles. The average molecular weight is 237 g/mol. The van der Waals surface area contributed by atoms with Crippen LogP contribution < -0.4 is 11.0 Å². The molecule has 0 saturated carbocycles. The third kappa shape index (κ3) is 2.28. The lowest BCUT2D eigenvalue weighted by Gasteiger charge is -2.20. The Morgan fingerprint density at radius 2 is 2.29 bits per heavy atom. The summed E-state index contributed by atoms with van der Waals surface area (Å²) in [5, 5.41) is 22.5. The number of aromatic nitrogens is 4. The number of hydrogen-bond acceptors (Lipinski definition) is 5. The van der Waals surface area contributed by atoms with E-state index in [4.69, 9.17) is 0 Å². The molecular weight excluding hydrogens is 222 g/mol. The molecule has 3 N–H and O–H groups in total. The van der Waals surface area contributed by atoms with Crippen molar-refractivity contribution in [3.63, 3.8) is 0 Å². The number of aromatic amines is 1. The van der Waals surface area contributed by atoms with Crippen LogP contribution in [0.15, 0.2) is 16.9 Å². The SMILES string of the molecule is CC(C)C(CO)Nc1ccc2n[nH]c(=O)n2n1. The van der Waals surface area contributed by atoms with Gasteiger partial charge in [0, 0.05) is 0 Å². The number of fused-ring (bicyclic) bond motifs is 1. The van der Waals surface area contributed by atoms with Crippen LogP contribution in [0.4, 0.5) is 5.82 Å². The number of rotatable bonds is 4. The lowest BCUT2D eigenvalue weighted by atomic mass is 10.1. The fourth-order valence-corrected chi connectivity index (χ4v) is 1.49. The molecule has 7 nitrogen and oxygen atoms in total. The Labute approximate surface area is 97.5 Å². The number of hydrogen-bond donors (Lipinski definition) is 3. The molecule has 2 aromatic heterocycles. The topological polar surface area (TPSA) is 95.3 Å². The van der Waals surface area contributed by atoms with E-state index in [1.165, 1.54) is 4.52 Å². The molecule has 7 heteroatoms. The molecule has 0 aliphatic rings. The van der Waals surface area contributed by atoms with Crippen molar-refractivity contribution >= 4 is 11.5 Å². The predicted octanol–water partition coefficient (Wildman–Crippen LogP) is -0.154. The molecule has 17 heavy (non-hydrogen) atoms. The molecule has 92 valence electrons. The molecule has 2 aromatic rings. The van der Waals surface area contributed by atoms with Crippen LogP contribution in [0.2, 0.25) is 0 Å². The van der Waals surface area contributed by atoms with Gasteiger partial charge in [0.1, 0.15) is 5.82 Å². The van der Waals surface area contributed by atoms with E-state index in [9.17, 15) is 9.90 Å². The maximum Gasteiger partial charge on any atom is 0.364 e. The van der Waals surface area contributed by atoms with Crippen LogP contribution in [0.3, 0.4) is 0 Å². The second kappa shape index (κ2) is 4.54. The number of H-pyrrole nitrogens is 1. The zero-order valence-electron chi connectivity index (χ0n) is 9.71. The van der Waals surface area contributed by atoms with Gasteiger partial charge in [-0.05, 0) is 18.1 Å². The minimum atomic E-state index is -0.381. The van der Waals surface area contributed by atoms with Crippen LogP contribution in [0.1, 0.15) is 13.8 Å². The summed E-state index contributed by atoms with van der Waals surface area (Å²) < 4.78 is 1.18. The molecule has 0 radical (unpaired) electrons. The van der Waals surface area contributed by atoms with Gasteiger partial charge in [-0.1, -0.05) is 13.8 Å². The Balaban J connectivity index is 2.30. The highest BCUT2D eigenvalue weighted by molar-refractivity contribution is 5.43. The number of anilines is 1. The van der Waals surface area contributed by atoms with Gasteiger partial charge >= 0.3 is 5.69 Å². The summed E-state index contributed by atoms with van der Waals surface area (Å²) in [5.41, 5.74) is 0.0828. The first-order valence-electron chi connectivity index (χ1n) is 5.43. The van der Waals surface area contributed by atoms with Crippen LogP contribution in [0.5, 0.6) is 0 Å². The fourth-order valence-electron chi connectivity index (χ4n) is 1.49. The fraction of sp³-hybridized carbons (Fsp3) is 0.500. The summed E-state index contributed by atoms with van der Waals surface area (Å²) in [7, 11) is 0. The largest absolute Gasteiger partial charge is 0.394 e. The first-order chi connectivity index (χ1) is 8.11. The Hall–Kier alpha value is -1.89. The van der Waals surface area contributed by atoms with E-state index in [0.717, 1.165) is 0 Å². The van der Waals surface area contributed by atoms with Crippen LogP contribution in [0, 0.1) is 5.92 Å². The summed E-state index contributed by atoms with van der Waals surface area (Å²) in [4.78, 5) is 11.3. The maximum atomic E-state index is 11.3. The number of nitrogens with one attached hydrogen (secondary N) is 2. The minimum absolute atomic E-state index is 0.0116. The van der Waals surface area contributed by atoms with Crippen molar-refractivity contribution in [2.75, 3.05) is 11.9 Å². The Morgan fingerprint density at radius 1 is 1.53 bits per heavy atom. The van der Waals surface area contributed by atoms with Gasteiger partial charge in [-0.2, -0.15) is 9.61 Å². The lowest BCUT2D eigenvalue weighted by molar-refractivity contribution is 0.249. The lowest BCUT2D eigenvalue weighted by Crippen LogP contribution is -2.30. The predicted molar refractivity (Wildman–Crippen MR) is 62.9 cm³/mol. The van der Waals surface area contributed by atoms with Crippen molar-refractivity contribution in [3.05, 3.63) is 22.6 Å². The van der Waals surface area contributed by atoms with Crippen LogP contribution in [0.25, 0.3) is 5.65 Å². The second-order valence-electron chi connectivity index (χ2n) is 4.19. The van der Waals surface area contributed by atoms with E-state index in [1.54, 1.807) is 12.1 Å². The zero-order chi connectivity index (χ0) is 12.4. The van der Waals surface area contributed by atoms with E-state index in [-0.39, 0.29) is 24.3 Å². The first-order valence-corrected chi connectivity index (χ1v) is 5.43. The molecule has 2 rings (SSSR count). The molecular formula is C10H15N5O2. The summed E-state index contributed by atoms with van der Waals surface area (Å²) in [5.74, 6) is 0.798. The third-order valence-corrected chi connectivity index (χ3v) is 2.61. The molecule has 2 heterocycles. The summed E-state index contributed by atoms with van der Waals surface area (Å²) >= 11 is 0. The molecule has 0 amide bonds. The number of aliphatic hydroxyl groups is 1. The van der Waals surface area contributed by atoms with E-state index in [0.29, 0.717) is 11.5 Å². The highest BCUT2D eigenvalue weighted by atomic mass is 16.3. The van der Waals surface area contributed by atoms with E-state index >= 15 is 0 Å². The molecule has 0 aliphatic carbocycles. The number of nitrogens with zero attached hydrogens (tertiary/aromatic N) is 3. The quantitative estimate of drug-likeness (QED) is 0.687. The summed E-state index contributed by atoms with van der Waals surface area (Å²) in [6, 6.07) is 3.31. The normalized spacial score (nSPS) is 13.2. The van der Waals surface area contributed by atoms with Crippen molar-refractivity contribution in [2.45, 2.75) is 19.9 Å². The molecule has 0 spiro atoms. The molecule has 0 fully saturated rings. The maximum absolute atomic E-state index is 11.3. The highest BCUT2D eigenvalue weighted by Gasteiger charge is 2.13. The standard InChI is InChI=1S/C10H15N5O2/c1-6(2)7(5-16)11-8-3-4-9-12-13-10(17)15(9)14-8/h3-4,6-7,16H,5H2,1-2H3,(H,11,14)(H,13,17). The van der Waals surface area contributed by atoms with Crippen molar-refractivity contribution in [1.82, 2.24) is 19.8 Å².